The molecule has 1 unspecified atom stereocenters. The second-order valence-electron chi connectivity index (χ2n) is 9.75. The Balaban J connectivity index is 1.53. The Hall–Kier alpha value is -3.03. The fraction of sp³-hybridized carbons (Fsp3) is 0.440. The highest BCUT2D eigenvalue weighted by Crippen LogP contribution is 2.56. The third-order valence-electron chi connectivity index (χ3n) is 6.40. The number of rotatable bonds is 13. The number of nitrogen functional groups attached to an aromatic ring is 1. The number of ether oxygens (including phenoxy) is 1. The number of imidazole rings is 1. The van der Waals surface area contributed by atoms with Crippen LogP contribution in [0.1, 0.15) is 40.0 Å². The molecule has 0 saturated heterocycles. The van der Waals surface area contributed by atoms with Crippen LogP contribution >= 0.6 is 23.7 Å². The van der Waals surface area contributed by atoms with E-state index in [1.807, 2.05) is 6.92 Å². The van der Waals surface area contributed by atoms with Crippen LogP contribution in [0.4, 0.5) is 5.95 Å². The van der Waals surface area contributed by atoms with Crippen LogP contribution in [0.5, 0.6) is 5.75 Å². The first-order valence-electron chi connectivity index (χ1n) is 12.7. The quantitative estimate of drug-likeness (QED) is 0.158. The number of nitrogens with zero attached hydrogens (tertiary/aromatic N) is 3. The molecule has 1 saturated carbocycles. The van der Waals surface area contributed by atoms with Crippen LogP contribution in [0.15, 0.2) is 45.4 Å². The zero-order valence-corrected chi connectivity index (χ0v) is 24.8. The highest BCUT2D eigenvalue weighted by molar-refractivity contribution is 9.10. The molecule has 5 N–H and O–H groups in total. The zero-order valence-electron chi connectivity index (χ0n) is 22.3. The second kappa shape index (κ2) is 12.2. The molecule has 2 aromatic heterocycles. The van der Waals surface area contributed by atoms with Crippen molar-refractivity contribution >= 4 is 53.0 Å². The van der Waals surface area contributed by atoms with E-state index in [2.05, 4.69) is 36.0 Å². The first-order valence-corrected chi connectivity index (χ1v) is 15.0. The van der Waals surface area contributed by atoms with Gasteiger partial charge in [0.25, 0.3) is 5.56 Å². The predicted octanol–water partition coefficient (Wildman–Crippen LogP) is 3.60. The standard InChI is InChI=1S/C25H32BrN6O7P/c1-4-5-15(2)38-23(35)16(3)31-40(36,39-19-8-6-18(26)7-9-19)37-13-25(12-33)10-17(25)11-32-14-28-20-21(32)29-24(27)30-22(20)34/h6-9,11,14-16,33H,4-5,10,12-13H2,1-3H3,(H,31,36)(H3,27,29,30,34)/b17-11-/t15-,16-,25-,40?/m0/s1. The molecule has 0 amide bonds. The lowest BCUT2D eigenvalue weighted by Gasteiger charge is -2.25. The number of aliphatic hydroxyl groups excluding tert-OH is 1. The Morgan fingerprint density at radius 3 is 2.77 bits per heavy atom. The number of aliphatic hydroxyl groups is 1. The summed E-state index contributed by atoms with van der Waals surface area (Å²) in [6.07, 6.45) is 4.73. The third kappa shape index (κ3) is 6.99. The van der Waals surface area contributed by atoms with E-state index in [-0.39, 0.29) is 42.2 Å². The summed E-state index contributed by atoms with van der Waals surface area (Å²) >= 11 is 3.34. The van der Waals surface area contributed by atoms with Gasteiger partial charge in [-0.05, 0) is 56.5 Å². The van der Waals surface area contributed by atoms with Gasteiger partial charge in [-0.25, -0.2) is 9.55 Å². The van der Waals surface area contributed by atoms with E-state index in [9.17, 15) is 19.3 Å². The second-order valence-corrected chi connectivity index (χ2v) is 12.4. The number of aromatic amines is 1. The van der Waals surface area contributed by atoms with Crippen LogP contribution in [0.2, 0.25) is 0 Å². The molecule has 4 atom stereocenters. The van der Waals surface area contributed by atoms with Crippen LogP contribution in [-0.2, 0) is 18.6 Å². The predicted molar refractivity (Wildman–Crippen MR) is 152 cm³/mol. The maximum atomic E-state index is 13.9. The van der Waals surface area contributed by atoms with Crippen molar-refractivity contribution in [1.82, 2.24) is 24.6 Å². The van der Waals surface area contributed by atoms with E-state index < -0.39 is 30.7 Å². The van der Waals surface area contributed by atoms with Crippen molar-refractivity contribution in [2.45, 2.75) is 52.2 Å². The number of aromatic nitrogens is 4. The molecule has 0 aliphatic heterocycles. The van der Waals surface area contributed by atoms with Gasteiger partial charge in [-0.15, -0.1) is 0 Å². The van der Waals surface area contributed by atoms with Crippen LogP contribution < -0.4 is 20.9 Å². The van der Waals surface area contributed by atoms with Gasteiger partial charge in [0.05, 0.1) is 19.3 Å². The molecular formula is C25H32BrN6O7P. The molecule has 40 heavy (non-hydrogen) atoms. The number of hydrogen-bond donors (Lipinski definition) is 4. The van der Waals surface area contributed by atoms with Gasteiger partial charge < -0.3 is 20.1 Å². The van der Waals surface area contributed by atoms with Crippen molar-refractivity contribution in [3.05, 3.63) is 51.0 Å². The van der Waals surface area contributed by atoms with Gasteiger partial charge in [0.15, 0.2) is 11.2 Å². The number of H-pyrrole nitrogens is 1. The minimum atomic E-state index is -4.14. The summed E-state index contributed by atoms with van der Waals surface area (Å²) in [6, 6.07) is 5.61. The van der Waals surface area contributed by atoms with Gasteiger partial charge in [0.2, 0.25) is 5.95 Å². The lowest BCUT2D eigenvalue weighted by atomic mass is 10.1. The number of carbonyl (C=O) groups is 1. The summed E-state index contributed by atoms with van der Waals surface area (Å²) < 4.78 is 33.2. The fourth-order valence-electron chi connectivity index (χ4n) is 4.04. The minimum absolute atomic E-state index is 0.0564. The molecule has 4 rings (SSSR count). The molecule has 0 radical (unpaired) electrons. The Morgan fingerprint density at radius 2 is 2.10 bits per heavy atom. The van der Waals surface area contributed by atoms with E-state index in [4.69, 9.17) is 19.5 Å². The molecule has 1 aromatic carbocycles. The van der Waals surface area contributed by atoms with E-state index in [1.54, 1.807) is 37.4 Å². The Labute approximate surface area is 238 Å². The Kier molecular flexibility index (Phi) is 9.16. The van der Waals surface area contributed by atoms with E-state index in [1.165, 1.54) is 17.8 Å². The zero-order chi connectivity index (χ0) is 29.1. The maximum Gasteiger partial charge on any atom is 0.459 e. The molecule has 0 spiro atoms. The molecule has 15 heteroatoms. The van der Waals surface area contributed by atoms with E-state index in [0.717, 1.165) is 16.5 Å². The van der Waals surface area contributed by atoms with Gasteiger partial charge in [-0.2, -0.15) is 10.1 Å². The summed E-state index contributed by atoms with van der Waals surface area (Å²) in [5, 5.41) is 12.9. The van der Waals surface area contributed by atoms with Crippen molar-refractivity contribution in [2.24, 2.45) is 5.41 Å². The summed E-state index contributed by atoms with van der Waals surface area (Å²) in [5.41, 5.74) is 5.44. The highest BCUT2D eigenvalue weighted by Gasteiger charge is 2.51. The first-order chi connectivity index (χ1) is 19.0. The van der Waals surface area contributed by atoms with Gasteiger partial charge in [-0.1, -0.05) is 29.3 Å². The number of halogens is 1. The molecule has 3 aromatic rings. The van der Waals surface area contributed by atoms with E-state index in [0.29, 0.717) is 12.8 Å². The lowest BCUT2D eigenvalue weighted by molar-refractivity contribution is -0.150. The van der Waals surface area contributed by atoms with Crippen LogP contribution in [0.3, 0.4) is 0 Å². The summed E-state index contributed by atoms with van der Waals surface area (Å²) in [5.74, 6) is -0.400. The van der Waals surface area contributed by atoms with Gasteiger partial charge in [0, 0.05) is 16.1 Å². The monoisotopic (exact) mass is 638 g/mol. The smallest absolute Gasteiger partial charge is 0.459 e. The molecule has 1 fully saturated rings. The molecular weight excluding hydrogens is 607 g/mol. The molecule has 1 aliphatic carbocycles. The maximum absolute atomic E-state index is 13.9. The SMILES string of the molecule is CCC[C@H](C)OC(=O)[C@H](C)NP(=O)(OC[C@@]1(CO)C/C1=C/n1cnc2c(=O)[nH]c(N)nc21)Oc1ccc(Br)cc1. The fourth-order valence-corrected chi connectivity index (χ4v) is 5.88. The summed E-state index contributed by atoms with van der Waals surface area (Å²) in [4.78, 5) is 35.3. The van der Waals surface area contributed by atoms with Gasteiger partial charge in [-0.3, -0.25) is 23.7 Å². The lowest BCUT2D eigenvalue weighted by Crippen LogP contribution is -2.37. The van der Waals surface area contributed by atoms with Crippen LogP contribution in [0, 0.1) is 5.41 Å². The number of fused-ring (bicyclic) bond motifs is 1. The number of anilines is 1. The van der Waals surface area contributed by atoms with Crippen molar-refractivity contribution in [3.63, 3.8) is 0 Å². The first kappa shape index (κ1) is 29.9. The Bertz CT molecular complexity index is 1510. The molecule has 1 aliphatic rings. The molecule has 216 valence electrons. The average molecular weight is 639 g/mol. The van der Waals surface area contributed by atoms with Crippen molar-refractivity contribution in [2.75, 3.05) is 18.9 Å². The van der Waals surface area contributed by atoms with Crippen molar-refractivity contribution in [3.8, 4) is 5.75 Å². The number of nitrogens with one attached hydrogen (secondary N) is 2. The highest BCUT2D eigenvalue weighted by atomic mass is 79.9. The Morgan fingerprint density at radius 1 is 1.38 bits per heavy atom. The largest absolute Gasteiger partial charge is 0.462 e. The number of carbonyl (C=O) groups excluding carboxylic acids is 1. The average Bonchev–Trinajstić information content (AvgIpc) is 3.44. The minimum Gasteiger partial charge on any atom is -0.462 e. The number of benzene rings is 1. The molecule has 13 nitrogen and oxygen atoms in total. The van der Waals surface area contributed by atoms with Crippen LogP contribution in [-0.4, -0.2) is 56.0 Å². The van der Waals surface area contributed by atoms with Gasteiger partial charge in [0.1, 0.15) is 18.1 Å². The summed E-state index contributed by atoms with van der Waals surface area (Å²) in [6.45, 7) is 4.78. The van der Waals surface area contributed by atoms with Gasteiger partial charge >= 0.3 is 13.7 Å². The van der Waals surface area contributed by atoms with E-state index >= 15 is 0 Å². The summed E-state index contributed by atoms with van der Waals surface area (Å²) in [7, 11) is -4.14. The number of hydrogen-bond acceptors (Lipinski definition) is 10. The van der Waals surface area contributed by atoms with Crippen molar-refractivity contribution < 1.29 is 28.3 Å². The van der Waals surface area contributed by atoms with Crippen molar-refractivity contribution in [1.29, 1.82) is 0 Å². The molecule has 2 heterocycles. The number of nitrogens with two attached hydrogens (primary N) is 1. The topological polar surface area (TPSA) is 184 Å². The van der Waals surface area contributed by atoms with Crippen LogP contribution in [0.25, 0.3) is 17.4 Å². The normalized spacial score (nSPS) is 20.7. The molecule has 0 bridgehead atoms. The third-order valence-corrected chi connectivity index (χ3v) is 8.55. The number of esters is 1.